The molecule has 0 unspecified atom stereocenters. The van der Waals surface area contributed by atoms with Gasteiger partial charge in [0.25, 0.3) is 5.91 Å². The first-order valence-electron chi connectivity index (χ1n) is 13.0. The molecule has 8 nitrogen and oxygen atoms in total. The number of benzene rings is 2. The minimum absolute atomic E-state index is 0.144. The third-order valence-electron chi connectivity index (χ3n) is 6.44. The molecule has 2 aromatic carbocycles. The summed E-state index contributed by atoms with van der Waals surface area (Å²) in [7, 11) is 0. The van der Waals surface area contributed by atoms with Gasteiger partial charge >= 0.3 is 6.03 Å². The summed E-state index contributed by atoms with van der Waals surface area (Å²) < 4.78 is 0. The summed E-state index contributed by atoms with van der Waals surface area (Å²) in [6.07, 6.45) is 2.26. The molecule has 3 amide bonds. The van der Waals surface area contributed by atoms with Crippen LogP contribution in [0.15, 0.2) is 66.7 Å². The number of nitrogens with one attached hydrogen (secondary N) is 3. The number of carbonyl (C=O) groups excluding carboxylic acids is 2. The normalized spacial score (nSPS) is 15.4. The number of hydrogen-bond acceptors (Lipinski definition) is 5. The van der Waals surface area contributed by atoms with Crippen LogP contribution in [0.2, 0.25) is 0 Å². The standard InChI is InChI=1S/C29H36N6O2/c1-21(2)13-14-31-29(37)32-27-24(17-22-9-5-3-6-10-22)19-26(33-34-27)28(36)35-16-15-30-25(20-35)18-23-11-7-4-8-12-23/h3-12,19,21,25,30H,13-18,20H2,1-2H3,(H2,31,32,34,37)/t25-/m0/s1. The van der Waals surface area contributed by atoms with Crippen molar-refractivity contribution >= 4 is 17.8 Å². The van der Waals surface area contributed by atoms with Crippen LogP contribution in [0.25, 0.3) is 0 Å². The summed E-state index contributed by atoms with van der Waals surface area (Å²) in [5.74, 6) is 0.718. The molecule has 4 rings (SSSR count). The van der Waals surface area contributed by atoms with Crippen LogP contribution in [0.1, 0.15) is 47.4 Å². The molecule has 1 saturated heterocycles. The summed E-state index contributed by atoms with van der Waals surface area (Å²) in [6, 6.07) is 21.8. The van der Waals surface area contributed by atoms with Gasteiger partial charge in [0.05, 0.1) is 0 Å². The van der Waals surface area contributed by atoms with Crippen LogP contribution < -0.4 is 16.0 Å². The molecule has 1 fully saturated rings. The van der Waals surface area contributed by atoms with E-state index in [-0.39, 0.29) is 23.7 Å². The second kappa shape index (κ2) is 13.0. The maximum absolute atomic E-state index is 13.4. The van der Waals surface area contributed by atoms with Gasteiger partial charge in [-0.3, -0.25) is 10.1 Å². The van der Waals surface area contributed by atoms with Crippen LogP contribution >= 0.6 is 0 Å². The van der Waals surface area contributed by atoms with Gasteiger partial charge in [0.15, 0.2) is 11.5 Å². The van der Waals surface area contributed by atoms with E-state index < -0.39 is 0 Å². The van der Waals surface area contributed by atoms with Crippen molar-refractivity contribution in [2.45, 2.75) is 39.2 Å². The third-order valence-corrected chi connectivity index (χ3v) is 6.44. The molecule has 37 heavy (non-hydrogen) atoms. The van der Waals surface area contributed by atoms with Gasteiger partial charge in [-0.05, 0) is 36.0 Å². The van der Waals surface area contributed by atoms with Crippen LogP contribution in [0.3, 0.4) is 0 Å². The largest absolute Gasteiger partial charge is 0.338 e. The van der Waals surface area contributed by atoms with E-state index in [1.165, 1.54) is 5.56 Å². The van der Waals surface area contributed by atoms with E-state index in [9.17, 15) is 9.59 Å². The van der Waals surface area contributed by atoms with Crippen molar-refractivity contribution < 1.29 is 9.59 Å². The molecule has 1 aromatic heterocycles. The second-order valence-electron chi connectivity index (χ2n) is 9.92. The number of hydrogen-bond donors (Lipinski definition) is 3. The number of urea groups is 1. The lowest BCUT2D eigenvalue weighted by Crippen LogP contribution is -2.53. The van der Waals surface area contributed by atoms with Gasteiger partial charge in [0, 0.05) is 44.2 Å². The average Bonchev–Trinajstić information content (AvgIpc) is 2.90. The van der Waals surface area contributed by atoms with Gasteiger partial charge in [0.2, 0.25) is 0 Å². The van der Waals surface area contributed by atoms with Gasteiger partial charge in [0.1, 0.15) is 0 Å². The fourth-order valence-electron chi connectivity index (χ4n) is 4.42. The van der Waals surface area contributed by atoms with Crippen LogP contribution in [0, 0.1) is 5.92 Å². The first-order valence-corrected chi connectivity index (χ1v) is 13.0. The zero-order valence-corrected chi connectivity index (χ0v) is 21.6. The fraction of sp³-hybridized carbons (Fsp3) is 0.379. The second-order valence-corrected chi connectivity index (χ2v) is 9.92. The quantitative estimate of drug-likeness (QED) is 0.414. The number of aromatic nitrogens is 2. The summed E-state index contributed by atoms with van der Waals surface area (Å²) in [6.45, 7) is 6.74. The predicted octanol–water partition coefficient (Wildman–Crippen LogP) is 3.89. The van der Waals surface area contributed by atoms with Gasteiger partial charge in [-0.25, -0.2) is 4.79 Å². The average molecular weight is 501 g/mol. The summed E-state index contributed by atoms with van der Waals surface area (Å²) in [5.41, 5.74) is 3.33. The maximum Gasteiger partial charge on any atom is 0.320 e. The smallest absolute Gasteiger partial charge is 0.320 e. The van der Waals surface area contributed by atoms with E-state index in [0.717, 1.165) is 30.5 Å². The van der Waals surface area contributed by atoms with Crippen molar-refractivity contribution in [1.82, 2.24) is 25.7 Å². The van der Waals surface area contributed by atoms with E-state index in [1.807, 2.05) is 53.4 Å². The molecule has 3 N–H and O–H groups in total. The van der Waals surface area contributed by atoms with E-state index in [1.54, 1.807) is 6.07 Å². The molecular formula is C29H36N6O2. The molecule has 1 aliphatic rings. The Morgan fingerprint density at radius 3 is 2.43 bits per heavy atom. The Bertz CT molecular complexity index is 1170. The fourth-order valence-corrected chi connectivity index (χ4v) is 4.42. The van der Waals surface area contributed by atoms with Crippen molar-refractivity contribution in [2.75, 3.05) is 31.5 Å². The Kier molecular flexibility index (Phi) is 9.21. The molecule has 2 heterocycles. The Morgan fingerprint density at radius 1 is 1.03 bits per heavy atom. The SMILES string of the molecule is CC(C)CCNC(=O)Nc1nnc(C(=O)N2CCN[C@@H](Cc3ccccc3)C2)cc1Cc1ccccc1. The van der Waals surface area contributed by atoms with Crippen LogP contribution in [0.4, 0.5) is 10.6 Å². The maximum atomic E-state index is 13.4. The van der Waals surface area contributed by atoms with Crippen molar-refractivity contribution in [3.8, 4) is 0 Å². The highest BCUT2D eigenvalue weighted by Crippen LogP contribution is 2.19. The number of anilines is 1. The van der Waals surface area contributed by atoms with Crippen molar-refractivity contribution in [1.29, 1.82) is 0 Å². The first kappa shape index (κ1) is 26.3. The van der Waals surface area contributed by atoms with E-state index in [2.05, 4.69) is 52.1 Å². The minimum Gasteiger partial charge on any atom is -0.338 e. The number of rotatable bonds is 9. The van der Waals surface area contributed by atoms with Crippen LogP contribution in [-0.2, 0) is 12.8 Å². The Balaban J connectivity index is 1.48. The van der Waals surface area contributed by atoms with Crippen LogP contribution in [0.5, 0.6) is 0 Å². The van der Waals surface area contributed by atoms with E-state index in [0.29, 0.717) is 37.8 Å². The lowest BCUT2D eigenvalue weighted by atomic mass is 10.0. The molecule has 194 valence electrons. The molecule has 0 aliphatic carbocycles. The molecule has 3 aromatic rings. The lowest BCUT2D eigenvalue weighted by molar-refractivity contribution is 0.0695. The van der Waals surface area contributed by atoms with Crippen molar-refractivity contribution in [3.05, 3.63) is 89.1 Å². The number of nitrogens with zero attached hydrogens (tertiary/aromatic N) is 3. The molecule has 1 aliphatic heterocycles. The molecular weight excluding hydrogens is 464 g/mol. The topological polar surface area (TPSA) is 99.2 Å². The summed E-state index contributed by atoms with van der Waals surface area (Å²) in [5, 5.41) is 17.7. The zero-order valence-electron chi connectivity index (χ0n) is 21.6. The summed E-state index contributed by atoms with van der Waals surface area (Å²) in [4.78, 5) is 27.8. The van der Waals surface area contributed by atoms with Gasteiger partial charge in [-0.2, -0.15) is 0 Å². The van der Waals surface area contributed by atoms with Gasteiger partial charge in [-0.1, -0.05) is 74.5 Å². The van der Waals surface area contributed by atoms with E-state index >= 15 is 0 Å². The number of piperazine rings is 1. The third kappa shape index (κ3) is 7.85. The molecule has 8 heteroatoms. The highest BCUT2D eigenvalue weighted by atomic mass is 16.2. The zero-order chi connectivity index (χ0) is 26.0. The molecule has 0 saturated carbocycles. The van der Waals surface area contributed by atoms with E-state index in [4.69, 9.17) is 0 Å². The molecule has 0 spiro atoms. The molecule has 1 atom stereocenters. The first-order chi connectivity index (χ1) is 18.0. The predicted molar refractivity (Wildman–Crippen MR) is 146 cm³/mol. The Labute approximate surface area is 218 Å². The molecule has 0 radical (unpaired) electrons. The Morgan fingerprint density at radius 2 is 1.73 bits per heavy atom. The van der Waals surface area contributed by atoms with Crippen LogP contribution in [-0.4, -0.2) is 59.3 Å². The minimum atomic E-state index is -0.325. The van der Waals surface area contributed by atoms with Gasteiger partial charge < -0.3 is 15.5 Å². The Hall–Kier alpha value is -3.78. The number of carbonyl (C=O) groups is 2. The lowest BCUT2D eigenvalue weighted by Gasteiger charge is -2.33. The molecule has 0 bridgehead atoms. The highest BCUT2D eigenvalue weighted by molar-refractivity contribution is 5.93. The summed E-state index contributed by atoms with van der Waals surface area (Å²) >= 11 is 0. The monoisotopic (exact) mass is 500 g/mol. The number of amides is 3. The van der Waals surface area contributed by atoms with Gasteiger partial charge in [-0.15, -0.1) is 10.2 Å². The van der Waals surface area contributed by atoms with Crippen molar-refractivity contribution in [3.63, 3.8) is 0 Å². The van der Waals surface area contributed by atoms with Crippen molar-refractivity contribution in [2.24, 2.45) is 5.92 Å². The highest BCUT2D eigenvalue weighted by Gasteiger charge is 2.26.